The van der Waals surface area contributed by atoms with Gasteiger partial charge in [-0.2, -0.15) is 0 Å². The summed E-state index contributed by atoms with van der Waals surface area (Å²) in [6, 6.07) is 9.78. The molecule has 0 bridgehead atoms. The molecule has 1 N–H and O–H groups in total. The van der Waals surface area contributed by atoms with E-state index in [-0.39, 0.29) is 16.6 Å². The minimum atomic E-state index is -1.02. The van der Waals surface area contributed by atoms with Gasteiger partial charge in [-0.15, -0.1) is 0 Å². The van der Waals surface area contributed by atoms with E-state index in [1.54, 1.807) is 55.0 Å². The number of esters is 1. The molecule has 1 aliphatic rings. The number of imide groups is 1. The number of thioether (sulfide) groups is 1. The van der Waals surface area contributed by atoms with Gasteiger partial charge in [-0.05, 0) is 68.1 Å². The van der Waals surface area contributed by atoms with Crippen LogP contribution in [0.25, 0.3) is 11.8 Å². The number of aromatic nitrogens is 1. The highest BCUT2D eigenvalue weighted by Crippen LogP contribution is 2.32. The Bertz CT molecular complexity index is 1010. The van der Waals surface area contributed by atoms with Crippen molar-refractivity contribution in [2.45, 2.75) is 20.0 Å². The number of nitrogens with zero attached hydrogens (tertiary/aromatic N) is 2. The summed E-state index contributed by atoms with van der Waals surface area (Å²) in [6.45, 7) is 2.93. The molecular weight excluding hydrogens is 396 g/mol. The first-order chi connectivity index (χ1) is 13.8. The molecule has 0 aliphatic carbocycles. The van der Waals surface area contributed by atoms with Gasteiger partial charge in [-0.25, -0.2) is 4.79 Å². The second-order valence-corrected chi connectivity index (χ2v) is 7.45. The SMILES string of the molecule is CC(C)OC(=O)CN1C(=O)S/C(=C/c2cccn2-c2ccc(C(=O)O)cc2)C1=O. The Morgan fingerprint density at radius 3 is 2.48 bits per heavy atom. The van der Waals surface area contributed by atoms with Crippen LogP contribution in [0, 0.1) is 0 Å². The maximum atomic E-state index is 12.6. The molecule has 1 aromatic carbocycles. The monoisotopic (exact) mass is 414 g/mol. The molecule has 1 aliphatic heterocycles. The van der Waals surface area contributed by atoms with Crippen LogP contribution >= 0.6 is 11.8 Å². The highest BCUT2D eigenvalue weighted by molar-refractivity contribution is 8.18. The molecular formula is C20H18N2O6S. The molecule has 0 atom stereocenters. The number of ether oxygens (including phenoxy) is 1. The van der Waals surface area contributed by atoms with Crippen molar-refractivity contribution in [2.24, 2.45) is 0 Å². The normalized spacial score (nSPS) is 15.4. The third-order valence-corrected chi connectivity index (χ3v) is 4.89. The Balaban J connectivity index is 1.82. The Labute approximate surface area is 170 Å². The predicted octanol–water partition coefficient (Wildman–Crippen LogP) is 3.16. The lowest BCUT2D eigenvalue weighted by molar-refractivity contribution is -0.149. The summed E-state index contributed by atoms with van der Waals surface area (Å²) < 4.78 is 6.75. The smallest absolute Gasteiger partial charge is 0.335 e. The summed E-state index contributed by atoms with van der Waals surface area (Å²) in [4.78, 5) is 48.6. The van der Waals surface area contributed by atoms with Crippen LogP contribution in [0.15, 0.2) is 47.5 Å². The lowest BCUT2D eigenvalue weighted by Gasteiger charge is -2.13. The summed E-state index contributed by atoms with van der Waals surface area (Å²) in [6.07, 6.45) is 2.98. The van der Waals surface area contributed by atoms with Crippen LogP contribution in [0.2, 0.25) is 0 Å². The average Bonchev–Trinajstić information content (AvgIpc) is 3.21. The van der Waals surface area contributed by atoms with E-state index < -0.39 is 29.6 Å². The highest BCUT2D eigenvalue weighted by Gasteiger charge is 2.37. The van der Waals surface area contributed by atoms with Crippen molar-refractivity contribution in [3.63, 3.8) is 0 Å². The largest absolute Gasteiger partial charge is 0.478 e. The van der Waals surface area contributed by atoms with Crippen molar-refractivity contribution < 1.29 is 29.0 Å². The molecule has 1 saturated heterocycles. The third-order valence-electron chi connectivity index (χ3n) is 3.98. The van der Waals surface area contributed by atoms with Crippen LogP contribution in [0.1, 0.15) is 29.9 Å². The molecule has 1 aromatic heterocycles. The van der Waals surface area contributed by atoms with Crippen molar-refractivity contribution in [3.05, 3.63) is 58.8 Å². The number of carboxylic acids is 1. The van der Waals surface area contributed by atoms with Gasteiger partial charge in [-0.1, -0.05) is 0 Å². The number of amides is 2. The lowest BCUT2D eigenvalue weighted by Crippen LogP contribution is -2.35. The quantitative estimate of drug-likeness (QED) is 0.572. The van der Waals surface area contributed by atoms with Crippen LogP contribution in [-0.2, 0) is 14.3 Å². The van der Waals surface area contributed by atoms with Gasteiger partial charge in [0.25, 0.3) is 11.1 Å². The average molecular weight is 414 g/mol. The van der Waals surface area contributed by atoms with Crippen molar-refractivity contribution in [1.29, 1.82) is 0 Å². The zero-order chi connectivity index (χ0) is 21.1. The lowest BCUT2D eigenvalue weighted by atomic mass is 10.2. The maximum absolute atomic E-state index is 12.6. The zero-order valence-electron chi connectivity index (χ0n) is 15.7. The van der Waals surface area contributed by atoms with E-state index in [2.05, 4.69) is 0 Å². The summed E-state index contributed by atoms with van der Waals surface area (Å²) in [5.41, 5.74) is 1.49. The van der Waals surface area contributed by atoms with Gasteiger partial charge in [0.1, 0.15) is 6.54 Å². The molecule has 2 aromatic rings. The molecule has 2 heterocycles. The number of carboxylic acid groups (broad SMARTS) is 1. The molecule has 9 heteroatoms. The van der Waals surface area contributed by atoms with Gasteiger partial charge in [0, 0.05) is 17.6 Å². The first-order valence-electron chi connectivity index (χ1n) is 8.72. The number of aromatic carboxylic acids is 1. The van der Waals surface area contributed by atoms with Crippen molar-refractivity contribution >= 4 is 40.9 Å². The Hall–Kier alpha value is -3.33. The number of carbonyl (C=O) groups is 4. The van der Waals surface area contributed by atoms with Crippen LogP contribution in [0.4, 0.5) is 4.79 Å². The van der Waals surface area contributed by atoms with Crippen LogP contribution < -0.4 is 0 Å². The fourth-order valence-electron chi connectivity index (χ4n) is 2.71. The first kappa shape index (κ1) is 20.4. The molecule has 0 radical (unpaired) electrons. The molecule has 29 heavy (non-hydrogen) atoms. The van der Waals surface area contributed by atoms with E-state index in [1.165, 1.54) is 12.1 Å². The topological polar surface area (TPSA) is 106 Å². The van der Waals surface area contributed by atoms with E-state index in [4.69, 9.17) is 9.84 Å². The summed E-state index contributed by atoms with van der Waals surface area (Å²) in [5, 5.41) is 8.48. The molecule has 3 rings (SSSR count). The fourth-order valence-corrected chi connectivity index (χ4v) is 3.53. The predicted molar refractivity (Wildman–Crippen MR) is 107 cm³/mol. The first-order valence-corrected chi connectivity index (χ1v) is 9.54. The van der Waals surface area contributed by atoms with E-state index in [9.17, 15) is 19.2 Å². The summed E-state index contributed by atoms with van der Waals surface area (Å²) in [5.74, 6) is -2.23. The van der Waals surface area contributed by atoms with Gasteiger partial charge >= 0.3 is 11.9 Å². The number of hydrogen-bond acceptors (Lipinski definition) is 6. The summed E-state index contributed by atoms with van der Waals surface area (Å²) >= 11 is 0.751. The van der Waals surface area contributed by atoms with Gasteiger partial charge in [-0.3, -0.25) is 19.3 Å². The highest BCUT2D eigenvalue weighted by atomic mass is 32.2. The molecule has 0 saturated carbocycles. The summed E-state index contributed by atoms with van der Waals surface area (Å²) in [7, 11) is 0. The Morgan fingerprint density at radius 1 is 1.17 bits per heavy atom. The molecule has 0 unspecified atom stereocenters. The number of benzene rings is 1. The fraction of sp³-hybridized carbons (Fsp3) is 0.200. The number of hydrogen-bond donors (Lipinski definition) is 1. The van der Waals surface area contributed by atoms with Crippen LogP contribution in [0.3, 0.4) is 0 Å². The maximum Gasteiger partial charge on any atom is 0.335 e. The Kier molecular flexibility index (Phi) is 5.88. The van der Waals surface area contributed by atoms with Crippen molar-refractivity contribution in [1.82, 2.24) is 9.47 Å². The third kappa shape index (κ3) is 4.57. The Morgan fingerprint density at radius 2 is 1.86 bits per heavy atom. The number of rotatable bonds is 6. The second kappa shape index (κ2) is 8.36. The molecule has 2 amide bonds. The minimum Gasteiger partial charge on any atom is -0.478 e. The molecule has 8 nitrogen and oxygen atoms in total. The number of carbonyl (C=O) groups excluding carboxylic acids is 3. The van der Waals surface area contributed by atoms with Crippen molar-refractivity contribution in [3.8, 4) is 5.69 Å². The minimum absolute atomic E-state index is 0.164. The standard InChI is InChI=1S/C20H18N2O6S/c1-12(2)28-17(23)11-22-18(24)16(29-20(22)27)10-15-4-3-9-21(15)14-7-5-13(6-8-14)19(25)26/h3-10,12H,11H2,1-2H3,(H,25,26)/b16-10+. The van der Waals surface area contributed by atoms with Gasteiger partial charge < -0.3 is 14.4 Å². The molecule has 1 fully saturated rings. The van der Waals surface area contributed by atoms with Crippen LogP contribution in [-0.4, -0.2) is 50.3 Å². The van der Waals surface area contributed by atoms with E-state index in [0.29, 0.717) is 11.4 Å². The zero-order valence-corrected chi connectivity index (χ0v) is 16.5. The van der Waals surface area contributed by atoms with Gasteiger partial charge in [0.15, 0.2) is 0 Å². The second-order valence-electron chi connectivity index (χ2n) is 6.46. The van der Waals surface area contributed by atoms with Crippen LogP contribution in [0.5, 0.6) is 0 Å². The molecule has 0 spiro atoms. The van der Waals surface area contributed by atoms with E-state index >= 15 is 0 Å². The van der Waals surface area contributed by atoms with Crippen molar-refractivity contribution in [2.75, 3.05) is 6.54 Å². The van der Waals surface area contributed by atoms with Gasteiger partial charge in [0.2, 0.25) is 0 Å². The van der Waals surface area contributed by atoms with E-state index in [1.807, 2.05) is 0 Å². The van der Waals surface area contributed by atoms with E-state index in [0.717, 1.165) is 16.7 Å². The van der Waals surface area contributed by atoms with Gasteiger partial charge in [0.05, 0.1) is 16.6 Å². The molecule has 150 valence electrons.